The largest absolute Gasteiger partial charge is 0.439 e. The van der Waals surface area contributed by atoms with Gasteiger partial charge >= 0.3 is 0 Å². The Kier molecular flexibility index (Phi) is 7.27. The molecule has 0 saturated carbocycles. The molecule has 1 unspecified atom stereocenters. The molecule has 7 rings (SSSR count). The molecule has 0 radical (unpaired) electrons. The van der Waals surface area contributed by atoms with Crippen LogP contribution >= 0.6 is 81.2 Å². The molecule has 7 aromatic rings. The fourth-order valence-electron chi connectivity index (χ4n) is 5.63. The molecule has 10 heteroatoms. The highest BCUT2D eigenvalue weighted by Gasteiger charge is 2.31. The van der Waals surface area contributed by atoms with Crippen molar-refractivity contribution < 1.29 is 4.42 Å². The topological polar surface area (TPSA) is 31.0 Å². The number of para-hydroxylation sites is 2. The number of pyridine rings is 1. The Balaban J connectivity index is 1.52. The molecule has 0 aliphatic carbocycles. The highest BCUT2D eigenvalue weighted by Crippen LogP contribution is 2.50. The second-order valence-corrected chi connectivity index (χ2v) is 12.6. The van der Waals surface area contributed by atoms with Crippen LogP contribution in [0.25, 0.3) is 38.7 Å². The van der Waals surface area contributed by atoms with Crippen molar-refractivity contribution in [1.29, 1.82) is 0 Å². The Morgan fingerprint density at radius 2 is 1.12 bits per heavy atom. The average Bonchev–Trinajstić information content (AvgIpc) is 3.46. The van der Waals surface area contributed by atoms with Crippen LogP contribution in [0, 0.1) is 0 Å². The molecule has 3 heterocycles. The maximum absolute atomic E-state index is 7.13. The summed E-state index contributed by atoms with van der Waals surface area (Å²) in [6.45, 7) is 0. The number of aromatic nitrogens is 2. The molecule has 0 amide bonds. The van der Waals surface area contributed by atoms with E-state index in [1.807, 2.05) is 59.2 Å². The Morgan fingerprint density at radius 3 is 1.76 bits per heavy atom. The lowest BCUT2D eigenvalue weighted by molar-refractivity contribution is 0.645. The lowest BCUT2D eigenvalue weighted by Gasteiger charge is -2.25. The third kappa shape index (κ3) is 4.46. The maximum atomic E-state index is 7.13. The van der Waals surface area contributed by atoms with Gasteiger partial charge in [0.05, 0.1) is 26.6 Å². The Morgan fingerprint density at radius 1 is 0.595 bits per heavy atom. The molecule has 3 nitrogen and oxygen atoms in total. The van der Waals surface area contributed by atoms with E-state index in [0.717, 1.165) is 27.3 Å². The lowest BCUT2D eigenvalue weighted by atomic mass is 9.85. The minimum Gasteiger partial charge on any atom is -0.439 e. The second kappa shape index (κ2) is 10.8. The van der Waals surface area contributed by atoms with Gasteiger partial charge in [-0.25, -0.2) is 0 Å². The molecule has 0 aliphatic rings. The summed E-state index contributed by atoms with van der Waals surface area (Å²) in [6, 6.07) is 22.9. The van der Waals surface area contributed by atoms with E-state index < -0.39 is 5.92 Å². The van der Waals surface area contributed by atoms with Crippen LogP contribution in [0.1, 0.15) is 22.6 Å². The standard InChI is InChI=1S/C32H15Cl7N2O/c33-15-9-19(34)28(20(35)10-15)31(30-23(38)13-40-14-24(30)39)29-21(36)11-16(12-22(29)37)41-25-7-3-1-5-17(25)27-18-6-2-4-8-26(18)42-32(27)41/h1-14,31H. The Hall–Kier alpha value is -2.60. The van der Waals surface area contributed by atoms with Gasteiger partial charge in [0.15, 0.2) is 0 Å². The number of halogens is 7. The summed E-state index contributed by atoms with van der Waals surface area (Å²) >= 11 is 47.4. The SMILES string of the molecule is Clc1cc(Cl)c(C(c2c(Cl)cncc2Cl)c2c(Cl)cc(-n3c4ccccc4c4c5ccccc5oc43)cc2Cl)c(Cl)c1. The zero-order chi connectivity index (χ0) is 29.3. The molecule has 0 N–H and O–H groups in total. The third-order valence-electron chi connectivity index (χ3n) is 7.32. The summed E-state index contributed by atoms with van der Waals surface area (Å²) in [5.74, 6) is -0.744. The normalized spacial score (nSPS) is 12.5. The van der Waals surface area contributed by atoms with Gasteiger partial charge in [-0.05, 0) is 36.4 Å². The van der Waals surface area contributed by atoms with E-state index in [4.69, 9.17) is 85.6 Å². The van der Waals surface area contributed by atoms with Gasteiger partial charge in [0, 0.05) is 70.9 Å². The Bertz CT molecular complexity index is 2140. The monoisotopic (exact) mass is 688 g/mol. The molecular weight excluding hydrogens is 677 g/mol. The van der Waals surface area contributed by atoms with Crippen molar-refractivity contribution in [2.24, 2.45) is 0 Å². The number of fused-ring (bicyclic) bond motifs is 5. The molecule has 208 valence electrons. The summed E-state index contributed by atoms with van der Waals surface area (Å²) in [7, 11) is 0. The first kappa shape index (κ1) is 28.2. The van der Waals surface area contributed by atoms with Gasteiger partial charge in [-0.1, -0.05) is 118 Å². The van der Waals surface area contributed by atoms with Crippen molar-refractivity contribution >= 4 is 114 Å². The van der Waals surface area contributed by atoms with Crippen molar-refractivity contribution in [1.82, 2.24) is 9.55 Å². The van der Waals surface area contributed by atoms with Crippen molar-refractivity contribution in [3.8, 4) is 5.69 Å². The molecule has 0 bridgehead atoms. The summed E-state index contributed by atoms with van der Waals surface area (Å²) in [5.41, 5.74) is 4.63. The molecule has 0 saturated heterocycles. The van der Waals surface area contributed by atoms with Crippen molar-refractivity contribution in [2.75, 3.05) is 0 Å². The molecular formula is C32H15Cl7N2O. The quantitative estimate of drug-likeness (QED) is 0.184. The van der Waals surface area contributed by atoms with E-state index in [2.05, 4.69) is 11.1 Å². The van der Waals surface area contributed by atoms with Crippen LogP contribution in [-0.4, -0.2) is 9.55 Å². The number of hydrogen-bond donors (Lipinski definition) is 0. The molecule has 1 atom stereocenters. The third-order valence-corrected chi connectivity index (χ3v) is 9.39. The zero-order valence-corrected chi connectivity index (χ0v) is 26.4. The first-order chi connectivity index (χ1) is 20.2. The van der Waals surface area contributed by atoms with Crippen LogP contribution < -0.4 is 0 Å². The van der Waals surface area contributed by atoms with Gasteiger partial charge in [0.1, 0.15) is 5.58 Å². The number of rotatable bonds is 4. The highest BCUT2D eigenvalue weighted by atomic mass is 35.5. The zero-order valence-electron chi connectivity index (χ0n) is 21.1. The van der Waals surface area contributed by atoms with E-state index >= 15 is 0 Å². The van der Waals surface area contributed by atoms with Crippen LogP contribution in [0.15, 0.2) is 89.6 Å². The van der Waals surface area contributed by atoms with Gasteiger partial charge in [-0.15, -0.1) is 0 Å². The van der Waals surface area contributed by atoms with Crippen molar-refractivity contribution in [3.63, 3.8) is 0 Å². The average molecular weight is 692 g/mol. The number of furan rings is 1. The minimum atomic E-state index is -0.744. The van der Waals surface area contributed by atoms with E-state index in [-0.39, 0.29) is 0 Å². The lowest BCUT2D eigenvalue weighted by Crippen LogP contribution is -2.09. The first-order valence-corrected chi connectivity index (χ1v) is 15.2. The van der Waals surface area contributed by atoms with Crippen molar-refractivity contribution in [3.05, 3.63) is 137 Å². The van der Waals surface area contributed by atoms with E-state index in [0.29, 0.717) is 63.2 Å². The predicted octanol–water partition coefficient (Wildman–Crippen LogP) is 12.7. The van der Waals surface area contributed by atoms with Gasteiger partial charge in [0.2, 0.25) is 5.71 Å². The van der Waals surface area contributed by atoms with Crippen molar-refractivity contribution in [2.45, 2.75) is 5.92 Å². The molecule has 0 fully saturated rings. The molecule has 0 aliphatic heterocycles. The Labute approximate surface area is 275 Å². The maximum Gasteiger partial charge on any atom is 0.213 e. The molecule has 42 heavy (non-hydrogen) atoms. The summed E-state index contributed by atoms with van der Waals surface area (Å²) in [4.78, 5) is 4.11. The van der Waals surface area contributed by atoms with Gasteiger partial charge in [-0.3, -0.25) is 9.55 Å². The van der Waals surface area contributed by atoms with Gasteiger partial charge < -0.3 is 4.42 Å². The smallest absolute Gasteiger partial charge is 0.213 e. The highest BCUT2D eigenvalue weighted by molar-refractivity contribution is 6.41. The van der Waals surface area contributed by atoms with Crippen LogP contribution in [0.2, 0.25) is 35.2 Å². The fraction of sp³-hybridized carbons (Fsp3) is 0.0312. The van der Waals surface area contributed by atoms with Crippen LogP contribution in [-0.2, 0) is 0 Å². The van der Waals surface area contributed by atoms with E-state index in [9.17, 15) is 0 Å². The van der Waals surface area contributed by atoms with Gasteiger partial charge in [0.25, 0.3) is 0 Å². The number of benzene rings is 4. The fourth-order valence-corrected chi connectivity index (χ4v) is 7.94. The first-order valence-electron chi connectivity index (χ1n) is 12.6. The minimum absolute atomic E-state index is 0.297. The van der Waals surface area contributed by atoms with Crippen LogP contribution in [0.5, 0.6) is 0 Å². The van der Waals surface area contributed by atoms with Gasteiger partial charge in [-0.2, -0.15) is 0 Å². The predicted molar refractivity (Wildman–Crippen MR) is 177 cm³/mol. The van der Waals surface area contributed by atoms with E-state index in [1.54, 1.807) is 12.1 Å². The second-order valence-electron chi connectivity index (χ2n) is 9.69. The molecule has 4 aromatic carbocycles. The summed E-state index contributed by atoms with van der Waals surface area (Å²) in [6.07, 6.45) is 2.99. The van der Waals surface area contributed by atoms with Crippen LogP contribution in [0.3, 0.4) is 0 Å². The summed E-state index contributed by atoms with van der Waals surface area (Å²) in [5, 5.41) is 5.33. The molecule has 0 spiro atoms. The number of nitrogens with zero attached hydrogens (tertiary/aromatic N) is 2. The summed E-state index contributed by atoms with van der Waals surface area (Å²) < 4.78 is 8.39. The number of hydrogen-bond acceptors (Lipinski definition) is 2. The van der Waals surface area contributed by atoms with Crippen LogP contribution in [0.4, 0.5) is 0 Å². The molecule has 3 aromatic heterocycles. The van der Waals surface area contributed by atoms with E-state index in [1.165, 1.54) is 12.4 Å².